The first-order chi connectivity index (χ1) is 7.31. The number of carbonyl (C=O) groups excluding carboxylic acids is 1. The Bertz CT molecular complexity index is 232. The molecule has 0 spiro atoms. The van der Waals surface area contributed by atoms with Crippen LogP contribution in [0.2, 0.25) is 0 Å². The number of nitrogens with two attached hydrogens (primary N) is 1. The summed E-state index contributed by atoms with van der Waals surface area (Å²) in [5.74, 6) is 5.93. The molecule has 4 nitrogen and oxygen atoms in total. The Morgan fingerprint density at radius 3 is 2.93 bits per heavy atom. The van der Waals surface area contributed by atoms with Gasteiger partial charge in [0.1, 0.15) is 0 Å². The maximum atomic E-state index is 11.1. The Labute approximate surface area is 91.2 Å². The van der Waals surface area contributed by atoms with Crippen molar-refractivity contribution < 1.29 is 4.79 Å². The van der Waals surface area contributed by atoms with Gasteiger partial charge in [0, 0.05) is 19.0 Å². The minimum absolute atomic E-state index is 0.0470. The SMILES string of the molecule is NNC(=O)CCN1CCC2CCCCC21. The molecule has 2 rings (SSSR count). The smallest absolute Gasteiger partial charge is 0.235 e. The monoisotopic (exact) mass is 211 g/mol. The molecule has 0 aromatic rings. The molecule has 0 aromatic heterocycles. The molecule has 2 fully saturated rings. The van der Waals surface area contributed by atoms with E-state index in [0.29, 0.717) is 6.42 Å². The number of rotatable bonds is 3. The molecule has 2 atom stereocenters. The zero-order chi connectivity index (χ0) is 10.7. The molecule has 1 amide bonds. The van der Waals surface area contributed by atoms with Gasteiger partial charge in [-0.25, -0.2) is 5.84 Å². The van der Waals surface area contributed by atoms with Crippen LogP contribution in [-0.2, 0) is 4.79 Å². The normalized spacial score (nSPS) is 31.3. The molecule has 86 valence electrons. The van der Waals surface area contributed by atoms with E-state index in [-0.39, 0.29) is 5.91 Å². The minimum Gasteiger partial charge on any atom is -0.300 e. The van der Waals surface area contributed by atoms with Crippen molar-refractivity contribution in [2.75, 3.05) is 13.1 Å². The van der Waals surface area contributed by atoms with Crippen LogP contribution >= 0.6 is 0 Å². The number of nitrogens with zero attached hydrogens (tertiary/aromatic N) is 1. The fourth-order valence-corrected chi connectivity index (χ4v) is 3.10. The maximum Gasteiger partial charge on any atom is 0.235 e. The van der Waals surface area contributed by atoms with Crippen molar-refractivity contribution in [3.63, 3.8) is 0 Å². The van der Waals surface area contributed by atoms with E-state index in [9.17, 15) is 4.79 Å². The van der Waals surface area contributed by atoms with Gasteiger partial charge in [-0.15, -0.1) is 0 Å². The summed E-state index contributed by atoms with van der Waals surface area (Å²) >= 11 is 0. The van der Waals surface area contributed by atoms with Gasteiger partial charge >= 0.3 is 0 Å². The number of hydrazine groups is 1. The summed E-state index contributed by atoms with van der Waals surface area (Å²) in [5.41, 5.74) is 2.20. The lowest BCUT2D eigenvalue weighted by atomic mass is 9.85. The van der Waals surface area contributed by atoms with Gasteiger partial charge in [0.05, 0.1) is 0 Å². The van der Waals surface area contributed by atoms with Crippen LogP contribution in [0.5, 0.6) is 0 Å². The fourth-order valence-electron chi connectivity index (χ4n) is 3.10. The molecular weight excluding hydrogens is 190 g/mol. The Hall–Kier alpha value is -0.610. The third-order valence-electron chi connectivity index (χ3n) is 3.91. The van der Waals surface area contributed by atoms with Crippen molar-refractivity contribution in [2.24, 2.45) is 11.8 Å². The largest absolute Gasteiger partial charge is 0.300 e. The van der Waals surface area contributed by atoms with Crippen LogP contribution in [0.4, 0.5) is 0 Å². The quantitative estimate of drug-likeness (QED) is 0.409. The number of carbonyl (C=O) groups is 1. The zero-order valence-electron chi connectivity index (χ0n) is 9.24. The zero-order valence-corrected chi connectivity index (χ0v) is 9.24. The summed E-state index contributed by atoms with van der Waals surface area (Å²) in [6.07, 6.45) is 7.35. The van der Waals surface area contributed by atoms with Gasteiger partial charge in [-0.05, 0) is 31.7 Å². The van der Waals surface area contributed by atoms with Crippen molar-refractivity contribution >= 4 is 5.91 Å². The van der Waals surface area contributed by atoms with E-state index in [1.54, 1.807) is 0 Å². The van der Waals surface area contributed by atoms with Crippen molar-refractivity contribution in [3.8, 4) is 0 Å². The van der Waals surface area contributed by atoms with Crippen LogP contribution in [0.15, 0.2) is 0 Å². The second-order valence-electron chi connectivity index (χ2n) is 4.75. The van der Waals surface area contributed by atoms with E-state index in [2.05, 4.69) is 10.3 Å². The van der Waals surface area contributed by atoms with Crippen molar-refractivity contribution in [1.82, 2.24) is 10.3 Å². The third-order valence-corrected chi connectivity index (χ3v) is 3.91. The van der Waals surface area contributed by atoms with Crippen LogP contribution in [0.1, 0.15) is 38.5 Å². The average molecular weight is 211 g/mol. The van der Waals surface area contributed by atoms with E-state index in [1.165, 1.54) is 38.6 Å². The van der Waals surface area contributed by atoms with Gasteiger partial charge in [0.15, 0.2) is 0 Å². The van der Waals surface area contributed by atoms with Gasteiger partial charge in [0.25, 0.3) is 0 Å². The average Bonchev–Trinajstić information content (AvgIpc) is 2.69. The summed E-state index contributed by atoms with van der Waals surface area (Å²) in [6, 6.07) is 0.754. The first kappa shape index (κ1) is 10.9. The molecule has 1 saturated carbocycles. The molecule has 0 radical (unpaired) electrons. The summed E-state index contributed by atoms with van der Waals surface area (Å²) in [4.78, 5) is 13.6. The standard InChI is InChI=1S/C11H21N3O/c12-13-11(15)6-8-14-7-5-9-3-1-2-4-10(9)14/h9-10H,1-8,12H2,(H,13,15). The second kappa shape index (κ2) is 4.94. The minimum atomic E-state index is -0.0470. The van der Waals surface area contributed by atoms with Crippen molar-refractivity contribution in [3.05, 3.63) is 0 Å². The summed E-state index contributed by atoms with van der Waals surface area (Å²) in [6.45, 7) is 2.05. The molecule has 1 aliphatic heterocycles. The fraction of sp³-hybridized carbons (Fsp3) is 0.909. The van der Waals surface area contributed by atoms with Crippen LogP contribution in [-0.4, -0.2) is 29.9 Å². The molecule has 1 saturated heterocycles. The first-order valence-electron chi connectivity index (χ1n) is 6.05. The predicted molar refractivity (Wildman–Crippen MR) is 58.9 cm³/mol. The lowest BCUT2D eigenvalue weighted by Gasteiger charge is -2.31. The van der Waals surface area contributed by atoms with Crippen LogP contribution in [0, 0.1) is 5.92 Å². The van der Waals surface area contributed by atoms with Gasteiger partial charge < -0.3 is 0 Å². The highest BCUT2D eigenvalue weighted by molar-refractivity contribution is 5.75. The first-order valence-corrected chi connectivity index (χ1v) is 6.05. The van der Waals surface area contributed by atoms with Crippen LogP contribution < -0.4 is 11.3 Å². The number of hydrogen-bond acceptors (Lipinski definition) is 3. The van der Waals surface area contributed by atoms with Gasteiger partial charge in [0.2, 0.25) is 5.91 Å². The topological polar surface area (TPSA) is 58.4 Å². The van der Waals surface area contributed by atoms with E-state index in [0.717, 1.165) is 18.5 Å². The number of likely N-dealkylation sites (tertiary alicyclic amines) is 1. The molecular formula is C11H21N3O. The number of amides is 1. The lowest BCUT2D eigenvalue weighted by Crippen LogP contribution is -2.38. The van der Waals surface area contributed by atoms with Crippen molar-refractivity contribution in [1.29, 1.82) is 0 Å². The van der Waals surface area contributed by atoms with Gasteiger partial charge in [-0.3, -0.25) is 15.1 Å². The molecule has 15 heavy (non-hydrogen) atoms. The number of fused-ring (bicyclic) bond motifs is 1. The Morgan fingerprint density at radius 1 is 1.33 bits per heavy atom. The number of hydrogen-bond donors (Lipinski definition) is 2. The predicted octanol–water partition coefficient (Wildman–Crippen LogP) is 0.631. The highest BCUT2D eigenvalue weighted by Crippen LogP contribution is 2.35. The maximum absolute atomic E-state index is 11.1. The third kappa shape index (κ3) is 2.49. The van der Waals surface area contributed by atoms with E-state index < -0.39 is 0 Å². The summed E-state index contributed by atoms with van der Waals surface area (Å²) in [7, 11) is 0. The van der Waals surface area contributed by atoms with E-state index in [4.69, 9.17) is 5.84 Å². The van der Waals surface area contributed by atoms with Crippen molar-refractivity contribution in [2.45, 2.75) is 44.6 Å². The van der Waals surface area contributed by atoms with Crippen LogP contribution in [0.25, 0.3) is 0 Å². The van der Waals surface area contributed by atoms with Crippen LogP contribution in [0.3, 0.4) is 0 Å². The van der Waals surface area contributed by atoms with Gasteiger partial charge in [-0.2, -0.15) is 0 Å². The van der Waals surface area contributed by atoms with Gasteiger partial charge in [-0.1, -0.05) is 12.8 Å². The molecule has 4 heteroatoms. The highest BCUT2D eigenvalue weighted by Gasteiger charge is 2.35. The lowest BCUT2D eigenvalue weighted by molar-refractivity contribution is -0.121. The Morgan fingerprint density at radius 2 is 2.13 bits per heavy atom. The van der Waals surface area contributed by atoms with E-state index >= 15 is 0 Å². The summed E-state index contributed by atoms with van der Waals surface area (Å²) in [5, 5.41) is 0. The summed E-state index contributed by atoms with van der Waals surface area (Å²) < 4.78 is 0. The molecule has 0 aromatic carbocycles. The molecule has 2 aliphatic rings. The highest BCUT2D eigenvalue weighted by atomic mass is 16.2. The molecule has 2 unspecified atom stereocenters. The molecule has 0 bridgehead atoms. The molecule has 1 aliphatic carbocycles. The second-order valence-corrected chi connectivity index (χ2v) is 4.75. The molecule has 1 heterocycles. The Balaban J connectivity index is 1.80. The number of nitrogens with one attached hydrogen (secondary N) is 1. The van der Waals surface area contributed by atoms with E-state index in [1.807, 2.05) is 0 Å². The Kier molecular flexibility index (Phi) is 3.59. The molecule has 3 N–H and O–H groups in total.